The van der Waals surface area contributed by atoms with Crippen LogP contribution in [0.5, 0.6) is 0 Å². The molecule has 0 aliphatic carbocycles. The van der Waals surface area contributed by atoms with Crippen LogP contribution in [0.3, 0.4) is 0 Å². The number of hydrogen-bond donors (Lipinski definition) is 2. The van der Waals surface area contributed by atoms with Gasteiger partial charge in [0.05, 0.1) is 11.0 Å². The number of rotatable bonds is 5. The van der Waals surface area contributed by atoms with Crippen molar-refractivity contribution in [2.75, 3.05) is 13.2 Å². The fourth-order valence-electron chi connectivity index (χ4n) is 2.29. The zero-order chi connectivity index (χ0) is 14.8. The van der Waals surface area contributed by atoms with Crippen LogP contribution >= 0.6 is 0 Å². The second-order valence-corrected chi connectivity index (χ2v) is 5.00. The van der Waals surface area contributed by atoms with Gasteiger partial charge in [0.2, 0.25) is 0 Å². The highest BCUT2D eigenvalue weighted by Crippen LogP contribution is 2.25. The van der Waals surface area contributed by atoms with E-state index in [9.17, 15) is 19.6 Å². The molecule has 0 aromatic heterocycles. The summed E-state index contributed by atoms with van der Waals surface area (Å²) in [6.45, 7) is 2.61. The van der Waals surface area contributed by atoms with Gasteiger partial charge in [-0.05, 0) is 19.1 Å². The molecule has 0 spiro atoms. The molecule has 20 heavy (non-hydrogen) atoms. The molecule has 2 rings (SSSR count). The average molecular weight is 284 g/mol. The lowest BCUT2D eigenvalue weighted by atomic mass is 9.96. The number of nitrogens with zero attached hydrogens (tertiary/aromatic N) is 1. The maximum atomic E-state index is 13.2. The Bertz CT molecular complexity index is 511. The van der Waals surface area contributed by atoms with Crippen LogP contribution in [0.25, 0.3) is 0 Å². The molecule has 1 saturated heterocycles. The molecule has 6 nitrogen and oxygen atoms in total. The summed E-state index contributed by atoms with van der Waals surface area (Å²) in [4.78, 5) is 10.3. The largest absolute Gasteiger partial charge is 0.386 e. The van der Waals surface area contributed by atoms with Gasteiger partial charge in [0.15, 0.2) is 0 Å². The molecule has 0 saturated carbocycles. The zero-order valence-corrected chi connectivity index (χ0v) is 11.1. The van der Waals surface area contributed by atoms with Crippen molar-refractivity contribution in [3.63, 3.8) is 0 Å². The summed E-state index contributed by atoms with van der Waals surface area (Å²) < 4.78 is 18.5. The fourth-order valence-corrected chi connectivity index (χ4v) is 2.29. The van der Waals surface area contributed by atoms with E-state index < -0.39 is 16.3 Å². The number of aliphatic hydroxyl groups is 1. The fraction of sp³-hybridized carbons (Fsp3) is 0.538. The van der Waals surface area contributed by atoms with Crippen molar-refractivity contribution in [2.24, 2.45) is 0 Å². The summed E-state index contributed by atoms with van der Waals surface area (Å²) in [5, 5.41) is 24.1. The smallest absolute Gasteiger partial charge is 0.274 e. The molecule has 0 bridgehead atoms. The maximum absolute atomic E-state index is 13.2. The third-order valence-electron chi connectivity index (χ3n) is 3.64. The highest BCUT2D eigenvalue weighted by molar-refractivity contribution is 5.40. The van der Waals surface area contributed by atoms with Crippen LogP contribution in [0.15, 0.2) is 18.2 Å². The summed E-state index contributed by atoms with van der Waals surface area (Å²) in [7, 11) is 0. The first-order valence-corrected chi connectivity index (χ1v) is 6.40. The molecule has 1 fully saturated rings. The first-order chi connectivity index (χ1) is 9.42. The molecule has 2 unspecified atom stereocenters. The highest BCUT2D eigenvalue weighted by atomic mass is 19.1. The van der Waals surface area contributed by atoms with Crippen LogP contribution in [0.1, 0.15) is 18.9 Å². The van der Waals surface area contributed by atoms with Crippen LogP contribution in [0.4, 0.5) is 10.1 Å². The van der Waals surface area contributed by atoms with E-state index in [-0.39, 0.29) is 30.4 Å². The van der Waals surface area contributed by atoms with Gasteiger partial charge in [-0.1, -0.05) is 0 Å². The zero-order valence-electron chi connectivity index (χ0n) is 11.1. The number of nitro groups is 1. The van der Waals surface area contributed by atoms with Crippen molar-refractivity contribution in [1.29, 1.82) is 0 Å². The van der Waals surface area contributed by atoms with Gasteiger partial charge in [-0.25, -0.2) is 4.39 Å². The lowest BCUT2D eigenvalue weighted by molar-refractivity contribution is -0.385. The van der Waals surface area contributed by atoms with E-state index in [1.807, 2.05) is 0 Å². The minimum Gasteiger partial charge on any atom is -0.386 e. The van der Waals surface area contributed by atoms with Gasteiger partial charge in [0.1, 0.15) is 11.4 Å². The first kappa shape index (κ1) is 14.8. The Hall–Kier alpha value is -1.57. The predicted molar refractivity (Wildman–Crippen MR) is 69.7 cm³/mol. The van der Waals surface area contributed by atoms with E-state index in [2.05, 4.69) is 5.32 Å². The molecule has 1 aliphatic heterocycles. The Morgan fingerprint density at radius 1 is 1.65 bits per heavy atom. The maximum Gasteiger partial charge on any atom is 0.274 e. The summed E-state index contributed by atoms with van der Waals surface area (Å²) in [5.74, 6) is -0.524. The second kappa shape index (κ2) is 5.82. The van der Waals surface area contributed by atoms with Crippen LogP contribution in [-0.4, -0.2) is 34.9 Å². The summed E-state index contributed by atoms with van der Waals surface area (Å²) in [6.07, 6.45) is 0.212. The monoisotopic (exact) mass is 284 g/mol. The van der Waals surface area contributed by atoms with E-state index in [1.54, 1.807) is 6.92 Å². The molecule has 0 amide bonds. The lowest BCUT2D eigenvalue weighted by Crippen LogP contribution is -2.45. The van der Waals surface area contributed by atoms with E-state index in [0.29, 0.717) is 13.0 Å². The van der Waals surface area contributed by atoms with E-state index in [0.717, 1.165) is 18.2 Å². The van der Waals surface area contributed by atoms with Gasteiger partial charge < -0.3 is 15.2 Å². The third kappa shape index (κ3) is 3.12. The first-order valence-electron chi connectivity index (χ1n) is 6.40. The Labute approximate surface area is 115 Å². The molecular weight excluding hydrogens is 267 g/mol. The number of halogens is 1. The van der Waals surface area contributed by atoms with Crippen molar-refractivity contribution in [3.8, 4) is 0 Å². The SMILES string of the molecule is CC1OCCC1(O)CNCc1cc(F)ccc1[N+](=O)[O-]. The minimum absolute atomic E-state index is 0.114. The molecule has 1 heterocycles. The van der Waals surface area contributed by atoms with Gasteiger partial charge in [0.25, 0.3) is 5.69 Å². The number of benzene rings is 1. The highest BCUT2D eigenvalue weighted by Gasteiger charge is 2.39. The normalized spacial score (nSPS) is 25.9. The molecule has 7 heteroatoms. The topological polar surface area (TPSA) is 84.6 Å². The Balaban J connectivity index is 2.00. The third-order valence-corrected chi connectivity index (χ3v) is 3.64. The van der Waals surface area contributed by atoms with E-state index in [1.165, 1.54) is 0 Å². The van der Waals surface area contributed by atoms with Crippen LogP contribution < -0.4 is 5.32 Å². The predicted octanol–water partition coefficient (Wildman–Crippen LogP) is 1.36. The number of ether oxygens (including phenoxy) is 1. The quantitative estimate of drug-likeness (QED) is 0.630. The van der Waals surface area contributed by atoms with Gasteiger partial charge in [-0.15, -0.1) is 0 Å². The molecule has 2 N–H and O–H groups in total. The van der Waals surface area contributed by atoms with Crippen LogP contribution in [0.2, 0.25) is 0 Å². The second-order valence-electron chi connectivity index (χ2n) is 5.00. The summed E-state index contributed by atoms with van der Waals surface area (Å²) in [5.41, 5.74) is -0.867. The van der Waals surface area contributed by atoms with Crippen LogP contribution in [-0.2, 0) is 11.3 Å². The Morgan fingerprint density at radius 3 is 3.00 bits per heavy atom. The number of nitrogens with one attached hydrogen (secondary N) is 1. The van der Waals surface area contributed by atoms with E-state index >= 15 is 0 Å². The van der Waals surface area contributed by atoms with Crippen molar-refractivity contribution in [2.45, 2.75) is 31.6 Å². The van der Waals surface area contributed by atoms with Crippen molar-refractivity contribution < 1.29 is 19.2 Å². The molecule has 1 aromatic rings. The molecule has 0 radical (unpaired) electrons. The Morgan fingerprint density at radius 2 is 2.40 bits per heavy atom. The average Bonchev–Trinajstić information content (AvgIpc) is 2.69. The molecular formula is C13H17FN2O4. The standard InChI is InChI=1S/C13H17FN2O4/c1-9-13(17,4-5-20-9)8-15-7-10-6-11(14)2-3-12(10)16(18)19/h2-3,6,9,15,17H,4-5,7-8H2,1H3. The number of nitro benzene ring substituents is 1. The minimum atomic E-state index is -0.984. The molecule has 110 valence electrons. The van der Waals surface area contributed by atoms with Crippen molar-refractivity contribution >= 4 is 5.69 Å². The molecule has 1 aliphatic rings. The van der Waals surface area contributed by atoms with Crippen molar-refractivity contribution in [1.82, 2.24) is 5.32 Å². The molecule has 1 aromatic carbocycles. The lowest BCUT2D eigenvalue weighted by Gasteiger charge is -2.26. The summed E-state index contributed by atoms with van der Waals surface area (Å²) in [6, 6.07) is 3.33. The van der Waals surface area contributed by atoms with Gasteiger partial charge >= 0.3 is 0 Å². The van der Waals surface area contributed by atoms with E-state index in [4.69, 9.17) is 4.74 Å². The van der Waals surface area contributed by atoms with Gasteiger partial charge in [0, 0.05) is 37.7 Å². The van der Waals surface area contributed by atoms with Crippen LogP contribution in [0, 0.1) is 15.9 Å². The number of hydrogen-bond acceptors (Lipinski definition) is 5. The molecule has 2 atom stereocenters. The van der Waals surface area contributed by atoms with Gasteiger partial charge in [-0.3, -0.25) is 10.1 Å². The Kier molecular flexibility index (Phi) is 4.32. The van der Waals surface area contributed by atoms with Crippen molar-refractivity contribution in [3.05, 3.63) is 39.7 Å². The van der Waals surface area contributed by atoms with Gasteiger partial charge in [-0.2, -0.15) is 0 Å². The summed E-state index contributed by atoms with van der Waals surface area (Å²) >= 11 is 0.